The quantitative estimate of drug-likeness (QED) is 0.569. The number of hydrogen-bond acceptors (Lipinski definition) is 2. The molecule has 2 aromatic carbocycles. The van der Waals surface area contributed by atoms with Crippen molar-refractivity contribution in [3.63, 3.8) is 0 Å². The Labute approximate surface area is 189 Å². The third-order valence-corrected chi connectivity index (χ3v) is 6.69. The lowest BCUT2D eigenvalue weighted by atomic mass is 9.74. The van der Waals surface area contributed by atoms with Gasteiger partial charge in [-0.2, -0.15) is 0 Å². The third-order valence-electron chi connectivity index (χ3n) is 6.69. The summed E-state index contributed by atoms with van der Waals surface area (Å²) in [5, 5.41) is 3.47. The van der Waals surface area contributed by atoms with Crippen molar-refractivity contribution in [3.8, 4) is 11.3 Å². The molecule has 0 atom stereocenters. The van der Waals surface area contributed by atoms with E-state index in [4.69, 9.17) is 0 Å². The van der Waals surface area contributed by atoms with Gasteiger partial charge in [-0.1, -0.05) is 0 Å². The van der Waals surface area contributed by atoms with Gasteiger partial charge in [-0.15, -0.1) is 0 Å². The monoisotopic (exact) mass is 455 g/mol. The molecule has 2 N–H and O–H groups in total. The minimum Gasteiger partial charge on any atom is -0.353 e. The van der Waals surface area contributed by atoms with Crippen LogP contribution in [0.15, 0.2) is 36.4 Å². The summed E-state index contributed by atoms with van der Waals surface area (Å²) in [6.07, 6.45) is 2.92. The number of fused-ring (bicyclic) bond motifs is 1. The van der Waals surface area contributed by atoms with Crippen LogP contribution in [0, 0.1) is 17.5 Å². The fourth-order valence-corrected chi connectivity index (χ4v) is 4.96. The maximum absolute atomic E-state index is 14.5. The summed E-state index contributed by atoms with van der Waals surface area (Å²) in [7, 11) is 0. The highest BCUT2D eigenvalue weighted by Gasteiger charge is 2.35. The first kappa shape index (κ1) is 21.6. The van der Waals surface area contributed by atoms with Crippen LogP contribution in [0.2, 0.25) is 0 Å². The average Bonchev–Trinajstić information content (AvgIpc) is 3.33. The summed E-state index contributed by atoms with van der Waals surface area (Å²) < 4.78 is 41.9. The largest absolute Gasteiger partial charge is 0.353 e. The summed E-state index contributed by atoms with van der Waals surface area (Å²) in [5.41, 5.74) is 2.32. The number of hydrogen-bond donors (Lipinski definition) is 2. The number of benzene rings is 2. The van der Waals surface area contributed by atoms with Crippen molar-refractivity contribution < 1.29 is 22.8 Å². The van der Waals surface area contributed by atoms with Gasteiger partial charge < -0.3 is 15.2 Å². The van der Waals surface area contributed by atoms with Crippen LogP contribution in [-0.2, 0) is 9.59 Å². The minimum absolute atomic E-state index is 0.00883. The number of carbonyl (C=O) groups is 2. The number of aromatic nitrogens is 1. The predicted molar refractivity (Wildman–Crippen MR) is 118 cm³/mol. The molecule has 1 aliphatic heterocycles. The first-order valence-corrected chi connectivity index (χ1v) is 11.2. The molecule has 0 unspecified atom stereocenters. The number of nitrogens with zero attached hydrogens (tertiary/aromatic N) is 1. The zero-order valence-corrected chi connectivity index (χ0v) is 18.0. The zero-order valence-electron chi connectivity index (χ0n) is 18.0. The molecule has 2 aliphatic rings. The third kappa shape index (κ3) is 4.21. The number of H-pyrrole nitrogens is 1. The molecule has 2 heterocycles. The Kier molecular flexibility index (Phi) is 5.60. The lowest BCUT2D eigenvalue weighted by Crippen LogP contribution is -2.44. The second-order valence-corrected chi connectivity index (χ2v) is 8.90. The van der Waals surface area contributed by atoms with Crippen molar-refractivity contribution in [2.75, 3.05) is 13.1 Å². The van der Waals surface area contributed by atoms with Crippen LogP contribution >= 0.6 is 0 Å². The Bertz CT molecular complexity index is 1220. The van der Waals surface area contributed by atoms with E-state index in [9.17, 15) is 22.8 Å². The first-order chi connectivity index (χ1) is 15.9. The predicted octanol–water partition coefficient (Wildman–Crippen LogP) is 4.63. The lowest BCUT2D eigenvalue weighted by molar-refractivity contribution is -0.128. The van der Waals surface area contributed by atoms with Gasteiger partial charge in [0.15, 0.2) is 0 Å². The molecule has 0 spiro atoms. The van der Waals surface area contributed by atoms with Gasteiger partial charge >= 0.3 is 0 Å². The molecule has 5 rings (SSSR count). The summed E-state index contributed by atoms with van der Waals surface area (Å²) in [6, 6.07) is 7.99. The Hall–Kier alpha value is -3.29. The minimum atomic E-state index is -0.680. The van der Waals surface area contributed by atoms with Gasteiger partial charge in [0.25, 0.3) is 0 Å². The molecule has 2 fully saturated rings. The van der Waals surface area contributed by atoms with Crippen molar-refractivity contribution in [2.24, 2.45) is 0 Å². The molecule has 172 valence electrons. The van der Waals surface area contributed by atoms with E-state index < -0.39 is 11.6 Å². The van der Waals surface area contributed by atoms with Crippen molar-refractivity contribution >= 4 is 22.7 Å². The van der Waals surface area contributed by atoms with E-state index in [1.54, 1.807) is 17.0 Å². The Balaban J connectivity index is 1.32. The van der Waals surface area contributed by atoms with E-state index >= 15 is 0 Å². The Morgan fingerprint density at radius 3 is 2.55 bits per heavy atom. The van der Waals surface area contributed by atoms with Gasteiger partial charge in [-0.3, -0.25) is 9.59 Å². The molecule has 1 aliphatic carbocycles. The zero-order chi connectivity index (χ0) is 23.1. The number of likely N-dealkylation sites (tertiary alicyclic amines) is 1. The molecular weight excluding hydrogens is 431 g/mol. The maximum Gasteiger partial charge on any atom is 0.222 e. The molecule has 33 heavy (non-hydrogen) atoms. The van der Waals surface area contributed by atoms with Gasteiger partial charge in [0.05, 0.1) is 11.2 Å². The number of nitrogens with one attached hydrogen (secondary N) is 2. The van der Waals surface area contributed by atoms with Crippen molar-refractivity contribution in [2.45, 2.75) is 44.1 Å². The highest BCUT2D eigenvalue weighted by atomic mass is 19.1. The highest BCUT2D eigenvalue weighted by Crippen LogP contribution is 2.45. The second-order valence-electron chi connectivity index (χ2n) is 8.90. The summed E-state index contributed by atoms with van der Waals surface area (Å²) in [5.74, 6) is -1.74. The standard InChI is InChI=1S/C25H24F3N3O2/c26-16-5-3-14(4-6-16)24-23(19-12-17(27)13-20(28)25(19)30-24)15-10-18(11-15)29-21(32)7-9-31-8-1-2-22(31)33/h3-6,12-13,15,18,30H,1-2,7-11H2,(H,29,32)/t15-,18+. The van der Waals surface area contributed by atoms with E-state index in [0.717, 1.165) is 18.1 Å². The number of rotatable bonds is 6. The molecule has 8 heteroatoms. The SMILES string of the molecule is O=C(CCN1CCCC1=O)N[C@H]1C[C@@H](c2c(-c3ccc(F)cc3)[nH]c3c(F)cc(F)cc32)C1. The maximum atomic E-state index is 14.5. The van der Waals surface area contributed by atoms with Gasteiger partial charge in [-0.05, 0) is 66.6 Å². The molecular formula is C25H24F3N3O2. The fraction of sp³-hybridized carbons (Fsp3) is 0.360. The number of amides is 2. The second kappa shape index (κ2) is 8.57. The van der Waals surface area contributed by atoms with Crippen LogP contribution < -0.4 is 5.32 Å². The van der Waals surface area contributed by atoms with Crippen LogP contribution in [0.1, 0.15) is 43.6 Å². The number of aromatic amines is 1. The van der Waals surface area contributed by atoms with Gasteiger partial charge in [0, 0.05) is 43.4 Å². The highest BCUT2D eigenvalue weighted by molar-refractivity contribution is 5.92. The average molecular weight is 455 g/mol. The molecule has 3 aromatic rings. The van der Waals surface area contributed by atoms with Crippen LogP contribution in [0.5, 0.6) is 0 Å². The normalized spacial score (nSPS) is 20.3. The van der Waals surface area contributed by atoms with E-state index in [1.807, 2.05) is 0 Å². The fourth-order valence-electron chi connectivity index (χ4n) is 4.96. The molecule has 0 radical (unpaired) electrons. The first-order valence-electron chi connectivity index (χ1n) is 11.2. The summed E-state index contributed by atoms with van der Waals surface area (Å²) in [4.78, 5) is 28.8. The van der Waals surface area contributed by atoms with E-state index in [2.05, 4.69) is 10.3 Å². The summed E-state index contributed by atoms with van der Waals surface area (Å²) in [6.45, 7) is 1.13. The number of halogens is 3. The van der Waals surface area contributed by atoms with Crippen LogP contribution in [0.4, 0.5) is 13.2 Å². The van der Waals surface area contributed by atoms with Crippen molar-refractivity contribution in [1.29, 1.82) is 0 Å². The van der Waals surface area contributed by atoms with Gasteiger partial charge in [0.1, 0.15) is 17.5 Å². The Morgan fingerprint density at radius 2 is 1.85 bits per heavy atom. The van der Waals surface area contributed by atoms with E-state index in [0.29, 0.717) is 49.0 Å². The lowest BCUT2D eigenvalue weighted by Gasteiger charge is -2.36. The van der Waals surface area contributed by atoms with Crippen molar-refractivity contribution in [3.05, 3.63) is 59.4 Å². The van der Waals surface area contributed by atoms with Crippen LogP contribution in [0.25, 0.3) is 22.2 Å². The molecule has 1 saturated heterocycles. The van der Waals surface area contributed by atoms with E-state index in [-0.39, 0.29) is 41.5 Å². The van der Waals surface area contributed by atoms with Gasteiger partial charge in [-0.25, -0.2) is 13.2 Å². The van der Waals surface area contributed by atoms with Gasteiger partial charge in [0.2, 0.25) is 11.8 Å². The molecule has 0 bridgehead atoms. The van der Waals surface area contributed by atoms with E-state index in [1.165, 1.54) is 18.2 Å². The summed E-state index contributed by atoms with van der Waals surface area (Å²) >= 11 is 0. The molecule has 1 aromatic heterocycles. The molecule has 5 nitrogen and oxygen atoms in total. The van der Waals surface area contributed by atoms with Crippen LogP contribution in [-0.4, -0.2) is 40.8 Å². The molecule has 1 saturated carbocycles. The van der Waals surface area contributed by atoms with Crippen molar-refractivity contribution in [1.82, 2.24) is 15.2 Å². The topological polar surface area (TPSA) is 65.2 Å². The van der Waals surface area contributed by atoms with Crippen LogP contribution in [0.3, 0.4) is 0 Å². The smallest absolute Gasteiger partial charge is 0.222 e. The number of carbonyl (C=O) groups excluding carboxylic acids is 2. The molecule has 2 amide bonds. The Morgan fingerprint density at radius 1 is 1.09 bits per heavy atom.